The van der Waals surface area contributed by atoms with Gasteiger partial charge in [-0.05, 0) is 31.0 Å². The molecule has 4 N–H and O–H groups in total. The van der Waals surface area contributed by atoms with Gasteiger partial charge in [-0.1, -0.05) is 6.08 Å². The number of hydrogen-bond donors (Lipinski definition) is 4. The number of phenols is 1. The highest BCUT2D eigenvalue weighted by atomic mass is 16.4. The van der Waals surface area contributed by atoms with Gasteiger partial charge in [0, 0.05) is 6.54 Å². The van der Waals surface area contributed by atoms with Gasteiger partial charge in [0.15, 0.2) is 0 Å². The fourth-order valence-electron chi connectivity index (χ4n) is 1.43. The van der Waals surface area contributed by atoms with Gasteiger partial charge in [-0.2, -0.15) is 0 Å². The average Bonchev–Trinajstić information content (AvgIpc) is 2.36. The van der Waals surface area contributed by atoms with Crippen LogP contribution in [0.3, 0.4) is 0 Å². The molecule has 0 saturated heterocycles. The molecular weight excluding hydrogens is 248 g/mol. The van der Waals surface area contributed by atoms with E-state index in [-0.39, 0.29) is 17.0 Å². The smallest absolute Gasteiger partial charge is 0.337 e. The molecular formula is C13H16N2O4. The zero-order valence-corrected chi connectivity index (χ0v) is 10.3. The molecule has 1 aromatic carbocycles. The Morgan fingerprint density at radius 1 is 1.37 bits per heavy atom. The maximum atomic E-state index is 11.5. The van der Waals surface area contributed by atoms with Gasteiger partial charge in [0.2, 0.25) is 0 Å². The number of nitrogens with one attached hydrogen (secondary N) is 2. The third-order valence-electron chi connectivity index (χ3n) is 2.35. The number of aromatic hydroxyl groups is 1. The summed E-state index contributed by atoms with van der Waals surface area (Å²) in [5.41, 5.74) is -0.0345. The maximum absolute atomic E-state index is 11.5. The molecule has 0 radical (unpaired) electrons. The van der Waals surface area contributed by atoms with Gasteiger partial charge in [-0.3, -0.25) is 0 Å². The van der Waals surface area contributed by atoms with E-state index in [9.17, 15) is 14.7 Å². The summed E-state index contributed by atoms with van der Waals surface area (Å²) in [5, 5.41) is 23.2. The van der Waals surface area contributed by atoms with E-state index < -0.39 is 12.0 Å². The summed E-state index contributed by atoms with van der Waals surface area (Å²) < 4.78 is 0. The number of urea groups is 1. The van der Waals surface area contributed by atoms with Crippen LogP contribution in [0.25, 0.3) is 0 Å². The van der Waals surface area contributed by atoms with Crippen LogP contribution in [0, 0.1) is 0 Å². The van der Waals surface area contributed by atoms with Crippen molar-refractivity contribution in [2.24, 2.45) is 0 Å². The van der Waals surface area contributed by atoms with E-state index in [1.165, 1.54) is 12.1 Å². The molecule has 0 aliphatic rings. The standard InChI is InChI=1S/C13H16N2O4/c1-2-3-4-7-14-13(19)15-11-6-5-9(16)8-10(11)12(17)18/h2,5-6,8,16H,1,3-4,7H2,(H,17,18)(H2,14,15,19). The minimum atomic E-state index is -1.22. The first-order valence-electron chi connectivity index (χ1n) is 5.76. The average molecular weight is 264 g/mol. The molecule has 0 atom stereocenters. The number of amides is 2. The molecule has 0 bridgehead atoms. The molecule has 6 nitrogen and oxygen atoms in total. The topological polar surface area (TPSA) is 98.7 Å². The number of unbranched alkanes of at least 4 members (excludes halogenated alkanes) is 1. The Hall–Kier alpha value is -2.50. The lowest BCUT2D eigenvalue weighted by Crippen LogP contribution is -2.30. The maximum Gasteiger partial charge on any atom is 0.337 e. The lowest BCUT2D eigenvalue weighted by molar-refractivity contribution is 0.0697. The van der Waals surface area contributed by atoms with E-state index in [0.29, 0.717) is 6.54 Å². The highest BCUT2D eigenvalue weighted by molar-refractivity contribution is 6.00. The molecule has 0 aromatic heterocycles. The molecule has 102 valence electrons. The van der Waals surface area contributed by atoms with E-state index in [4.69, 9.17) is 5.11 Å². The Labute approximate surface area is 110 Å². The van der Waals surface area contributed by atoms with Crippen molar-refractivity contribution in [1.29, 1.82) is 0 Å². The van der Waals surface area contributed by atoms with Crippen molar-refractivity contribution in [3.05, 3.63) is 36.4 Å². The number of hydrogen-bond acceptors (Lipinski definition) is 3. The quantitative estimate of drug-likeness (QED) is 0.359. The predicted molar refractivity (Wildman–Crippen MR) is 71.5 cm³/mol. The lowest BCUT2D eigenvalue weighted by atomic mass is 10.1. The van der Waals surface area contributed by atoms with E-state index >= 15 is 0 Å². The van der Waals surface area contributed by atoms with Crippen molar-refractivity contribution >= 4 is 17.7 Å². The summed E-state index contributed by atoms with van der Waals surface area (Å²) in [4.78, 5) is 22.5. The van der Waals surface area contributed by atoms with Crippen LogP contribution in [0.5, 0.6) is 5.75 Å². The first kappa shape index (κ1) is 14.6. The van der Waals surface area contributed by atoms with E-state index in [2.05, 4.69) is 17.2 Å². The highest BCUT2D eigenvalue weighted by Crippen LogP contribution is 2.21. The number of carboxylic acids is 1. The van der Waals surface area contributed by atoms with Crippen LogP contribution in [-0.4, -0.2) is 28.8 Å². The monoisotopic (exact) mass is 264 g/mol. The SMILES string of the molecule is C=CCCCNC(=O)Nc1ccc(O)cc1C(=O)O. The molecule has 2 amide bonds. The van der Waals surface area contributed by atoms with Gasteiger partial charge >= 0.3 is 12.0 Å². The van der Waals surface area contributed by atoms with Crippen molar-refractivity contribution in [2.75, 3.05) is 11.9 Å². The number of carbonyl (C=O) groups is 2. The minimum absolute atomic E-state index is 0.131. The lowest BCUT2D eigenvalue weighted by Gasteiger charge is -2.09. The van der Waals surface area contributed by atoms with Crippen molar-refractivity contribution in [3.8, 4) is 5.75 Å². The summed E-state index contributed by atoms with van der Waals surface area (Å²) >= 11 is 0. The summed E-state index contributed by atoms with van der Waals surface area (Å²) in [6.45, 7) is 4.04. The second kappa shape index (κ2) is 7.05. The Morgan fingerprint density at radius 2 is 2.11 bits per heavy atom. The Morgan fingerprint density at radius 3 is 2.74 bits per heavy atom. The van der Waals surface area contributed by atoms with Gasteiger partial charge in [-0.25, -0.2) is 9.59 Å². The van der Waals surface area contributed by atoms with Crippen LogP contribution in [-0.2, 0) is 0 Å². The molecule has 0 aliphatic heterocycles. The third-order valence-corrected chi connectivity index (χ3v) is 2.35. The molecule has 0 heterocycles. The number of aromatic carboxylic acids is 1. The highest BCUT2D eigenvalue weighted by Gasteiger charge is 2.12. The first-order valence-corrected chi connectivity index (χ1v) is 5.76. The van der Waals surface area contributed by atoms with Gasteiger partial charge < -0.3 is 20.8 Å². The largest absolute Gasteiger partial charge is 0.508 e. The van der Waals surface area contributed by atoms with Crippen molar-refractivity contribution in [1.82, 2.24) is 5.32 Å². The number of benzene rings is 1. The van der Waals surface area contributed by atoms with Gasteiger partial charge in [-0.15, -0.1) is 6.58 Å². The predicted octanol–water partition coefficient (Wildman–Crippen LogP) is 2.18. The van der Waals surface area contributed by atoms with Crippen LogP contribution in [0.2, 0.25) is 0 Å². The van der Waals surface area contributed by atoms with Crippen LogP contribution in [0.1, 0.15) is 23.2 Å². The number of allylic oxidation sites excluding steroid dienone is 1. The first-order chi connectivity index (χ1) is 9.04. The van der Waals surface area contributed by atoms with Crippen LogP contribution >= 0.6 is 0 Å². The number of anilines is 1. The summed E-state index contributed by atoms with van der Waals surface area (Å²) in [6, 6.07) is 3.23. The van der Waals surface area contributed by atoms with Crippen LogP contribution < -0.4 is 10.6 Å². The molecule has 0 fully saturated rings. The van der Waals surface area contributed by atoms with Crippen molar-refractivity contribution < 1.29 is 19.8 Å². The second-order valence-electron chi connectivity index (χ2n) is 3.85. The fraction of sp³-hybridized carbons (Fsp3) is 0.231. The van der Waals surface area contributed by atoms with Gasteiger partial charge in [0.25, 0.3) is 0 Å². The molecule has 6 heteroatoms. The molecule has 0 aliphatic carbocycles. The van der Waals surface area contributed by atoms with E-state index in [1.807, 2.05) is 0 Å². The van der Waals surface area contributed by atoms with Gasteiger partial charge in [0.05, 0.1) is 11.3 Å². The second-order valence-corrected chi connectivity index (χ2v) is 3.85. The zero-order chi connectivity index (χ0) is 14.3. The van der Waals surface area contributed by atoms with Gasteiger partial charge in [0.1, 0.15) is 5.75 Å². The normalized spacial score (nSPS) is 9.68. The molecule has 19 heavy (non-hydrogen) atoms. The summed E-state index contributed by atoms with van der Waals surface area (Å²) in [7, 11) is 0. The molecule has 1 aromatic rings. The third kappa shape index (κ3) is 4.71. The molecule has 0 saturated carbocycles. The van der Waals surface area contributed by atoms with E-state index in [1.54, 1.807) is 6.08 Å². The summed E-state index contributed by atoms with van der Waals surface area (Å²) in [6.07, 6.45) is 3.31. The Balaban J connectivity index is 2.63. The number of carboxylic acid groups (broad SMARTS) is 1. The minimum Gasteiger partial charge on any atom is -0.508 e. The number of rotatable bonds is 6. The zero-order valence-electron chi connectivity index (χ0n) is 10.3. The summed E-state index contributed by atoms with van der Waals surface area (Å²) in [5.74, 6) is -1.40. The fourth-order valence-corrected chi connectivity index (χ4v) is 1.43. The van der Waals surface area contributed by atoms with Crippen molar-refractivity contribution in [3.63, 3.8) is 0 Å². The number of phenolic OH excluding ortho intramolecular Hbond substituents is 1. The Bertz CT molecular complexity index is 486. The van der Waals surface area contributed by atoms with E-state index in [0.717, 1.165) is 18.9 Å². The molecule has 0 unspecified atom stereocenters. The molecule has 0 spiro atoms. The van der Waals surface area contributed by atoms with Crippen molar-refractivity contribution in [2.45, 2.75) is 12.8 Å². The van der Waals surface area contributed by atoms with Crippen LogP contribution in [0.15, 0.2) is 30.9 Å². The Kier molecular flexibility index (Phi) is 5.40. The molecule has 1 rings (SSSR count). The van der Waals surface area contributed by atoms with Crippen LogP contribution in [0.4, 0.5) is 10.5 Å². The number of carbonyl (C=O) groups excluding carboxylic acids is 1.